The number of hydrogen-bond acceptors (Lipinski definition) is 3. The maximum absolute atomic E-state index is 12.0. The van der Waals surface area contributed by atoms with E-state index in [-0.39, 0.29) is 12.0 Å². The molecule has 0 aromatic carbocycles. The van der Waals surface area contributed by atoms with E-state index in [1.807, 2.05) is 7.05 Å². The minimum absolute atomic E-state index is 0.133. The molecular formula is C17H32N2O2. The molecule has 2 fully saturated rings. The van der Waals surface area contributed by atoms with Gasteiger partial charge >= 0.3 is 0 Å². The Kier molecular flexibility index (Phi) is 6.97. The van der Waals surface area contributed by atoms with Gasteiger partial charge in [0.15, 0.2) is 0 Å². The van der Waals surface area contributed by atoms with Gasteiger partial charge in [-0.3, -0.25) is 9.69 Å². The Bertz CT molecular complexity index is 316. The van der Waals surface area contributed by atoms with E-state index in [0.717, 1.165) is 32.4 Å². The van der Waals surface area contributed by atoms with Crippen molar-refractivity contribution < 1.29 is 9.90 Å². The van der Waals surface area contributed by atoms with Crippen LogP contribution >= 0.6 is 0 Å². The van der Waals surface area contributed by atoms with Crippen LogP contribution < -0.4 is 5.32 Å². The smallest absolute Gasteiger partial charge is 0.234 e. The van der Waals surface area contributed by atoms with E-state index in [2.05, 4.69) is 10.2 Å². The third kappa shape index (κ3) is 5.95. The van der Waals surface area contributed by atoms with E-state index in [9.17, 15) is 9.90 Å². The van der Waals surface area contributed by atoms with Crippen LogP contribution in [0.25, 0.3) is 0 Å². The quantitative estimate of drug-likeness (QED) is 0.790. The maximum atomic E-state index is 12.0. The average Bonchev–Trinajstić information content (AvgIpc) is 2.48. The molecule has 4 heteroatoms. The normalized spacial score (nSPS) is 27.8. The zero-order valence-corrected chi connectivity index (χ0v) is 13.5. The number of amides is 1. The fourth-order valence-electron chi connectivity index (χ4n) is 3.82. The summed E-state index contributed by atoms with van der Waals surface area (Å²) in [7, 11) is 1.99. The van der Waals surface area contributed by atoms with Gasteiger partial charge in [-0.25, -0.2) is 0 Å². The SMILES string of the molecule is CN(CC(=O)NCC1CCCCC1)CC1CCCCC1O. The molecule has 1 amide bonds. The van der Waals surface area contributed by atoms with Crippen molar-refractivity contribution in [3.05, 3.63) is 0 Å². The average molecular weight is 296 g/mol. The van der Waals surface area contributed by atoms with E-state index in [1.165, 1.54) is 38.5 Å². The number of aliphatic hydroxyl groups excluding tert-OH is 1. The van der Waals surface area contributed by atoms with Gasteiger partial charge in [-0.1, -0.05) is 32.1 Å². The molecule has 2 N–H and O–H groups in total. The molecule has 4 nitrogen and oxygen atoms in total. The van der Waals surface area contributed by atoms with Gasteiger partial charge in [-0.15, -0.1) is 0 Å². The number of carbonyl (C=O) groups excluding carboxylic acids is 1. The third-order valence-electron chi connectivity index (χ3n) is 5.14. The Labute approximate surface area is 129 Å². The highest BCUT2D eigenvalue weighted by Gasteiger charge is 2.24. The molecule has 0 aromatic rings. The molecule has 0 heterocycles. The van der Waals surface area contributed by atoms with Gasteiger partial charge in [0.25, 0.3) is 0 Å². The van der Waals surface area contributed by atoms with Gasteiger partial charge in [0, 0.05) is 13.1 Å². The number of nitrogens with zero attached hydrogens (tertiary/aromatic N) is 1. The van der Waals surface area contributed by atoms with E-state index in [4.69, 9.17) is 0 Å². The van der Waals surface area contributed by atoms with Crippen molar-refractivity contribution in [3.63, 3.8) is 0 Å². The third-order valence-corrected chi connectivity index (χ3v) is 5.14. The first-order valence-electron chi connectivity index (χ1n) is 8.78. The molecule has 0 saturated heterocycles. The van der Waals surface area contributed by atoms with Crippen LogP contribution in [-0.4, -0.2) is 48.7 Å². The van der Waals surface area contributed by atoms with Gasteiger partial charge in [0.2, 0.25) is 5.91 Å². The van der Waals surface area contributed by atoms with E-state index in [1.54, 1.807) is 0 Å². The number of likely N-dealkylation sites (N-methyl/N-ethyl adjacent to an activating group) is 1. The molecule has 2 aliphatic rings. The zero-order valence-electron chi connectivity index (χ0n) is 13.5. The van der Waals surface area contributed by atoms with Crippen molar-refractivity contribution in [2.45, 2.75) is 63.9 Å². The van der Waals surface area contributed by atoms with Crippen LogP contribution in [0.15, 0.2) is 0 Å². The Morgan fingerprint density at radius 1 is 1.10 bits per heavy atom. The standard InChI is InChI=1S/C17H32N2O2/c1-19(12-15-9-5-6-10-16(15)20)13-17(21)18-11-14-7-3-2-4-8-14/h14-16,20H,2-13H2,1H3,(H,18,21). The minimum atomic E-state index is -0.175. The number of carbonyl (C=O) groups is 1. The molecule has 2 atom stereocenters. The van der Waals surface area contributed by atoms with Crippen LogP contribution in [0.3, 0.4) is 0 Å². The number of aliphatic hydroxyl groups is 1. The summed E-state index contributed by atoms with van der Waals surface area (Å²) >= 11 is 0. The van der Waals surface area contributed by atoms with Crippen molar-refractivity contribution in [3.8, 4) is 0 Å². The second kappa shape index (κ2) is 8.74. The maximum Gasteiger partial charge on any atom is 0.234 e. The number of hydrogen-bond donors (Lipinski definition) is 2. The first-order chi connectivity index (χ1) is 10.1. The van der Waals surface area contributed by atoms with Crippen LogP contribution in [-0.2, 0) is 4.79 Å². The largest absolute Gasteiger partial charge is 0.393 e. The van der Waals surface area contributed by atoms with Gasteiger partial charge in [0.1, 0.15) is 0 Å². The molecule has 0 radical (unpaired) electrons. The van der Waals surface area contributed by atoms with E-state index >= 15 is 0 Å². The minimum Gasteiger partial charge on any atom is -0.393 e. The van der Waals surface area contributed by atoms with Crippen molar-refractivity contribution in [2.75, 3.05) is 26.7 Å². The Morgan fingerprint density at radius 2 is 1.76 bits per heavy atom. The second-order valence-electron chi connectivity index (χ2n) is 7.12. The highest BCUT2D eigenvalue weighted by atomic mass is 16.3. The zero-order chi connectivity index (χ0) is 15.1. The molecular weight excluding hydrogens is 264 g/mol. The molecule has 0 aromatic heterocycles. The van der Waals surface area contributed by atoms with E-state index in [0.29, 0.717) is 18.4 Å². The summed E-state index contributed by atoms with van der Waals surface area (Å²) in [4.78, 5) is 14.1. The molecule has 2 aliphatic carbocycles. The highest BCUT2D eigenvalue weighted by Crippen LogP contribution is 2.25. The summed E-state index contributed by atoms with van der Waals surface area (Å²) in [6, 6.07) is 0. The lowest BCUT2D eigenvalue weighted by Gasteiger charge is -2.31. The fourth-order valence-corrected chi connectivity index (χ4v) is 3.82. The summed E-state index contributed by atoms with van der Waals surface area (Å²) in [5.74, 6) is 1.16. The Hall–Kier alpha value is -0.610. The van der Waals surface area contributed by atoms with Gasteiger partial charge < -0.3 is 10.4 Å². The highest BCUT2D eigenvalue weighted by molar-refractivity contribution is 5.77. The van der Waals surface area contributed by atoms with Gasteiger partial charge in [-0.2, -0.15) is 0 Å². The molecule has 0 bridgehead atoms. The topological polar surface area (TPSA) is 52.6 Å². The van der Waals surface area contributed by atoms with Crippen LogP contribution in [0.2, 0.25) is 0 Å². The molecule has 2 unspecified atom stereocenters. The molecule has 21 heavy (non-hydrogen) atoms. The molecule has 0 aliphatic heterocycles. The van der Waals surface area contributed by atoms with E-state index < -0.39 is 0 Å². The second-order valence-corrected chi connectivity index (χ2v) is 7.12. The molecule has 2 rings (SSSR count). The van der Waals surface area contributed by atoms with Crippen LogP contribution in [0.4, 0.5) is 0 Å². The molecule has 2 saturated carbocycles. The lowest BCUT2D eigenvalue weighted by Crippen LogP contribution is -2.41. The van der Waals surface area contributed by atoms with Crippen LogP contribution in [0.1, 0.15) is 57.8 Å². The van der Waals surface area contributed by atoms with Gasteiger partial charge in [-0.05, 0) is 44.6 Å². The number of nitrogens with one attached hydrogen (secondary N) is 1. The predicted molar refractivity (Wildman–Crippen MR) is 85.0 cm³/mol. The summed E-state index contributed by atoms with van der Waals surface area (Å²) in [5.41, 5.74) is 0. The monoisotopic (exact) mass is 296 g/mol. The van der Waals surface area contributed by atoms with Crippen molar-refractivity contribution >= 4 is 5.91 Å². The van der Waals surface area contributed by atoms with Crippen molar-refractivity contribution in [2.24, 2.45) is 11.8 Å². The Balaban J connectivity index is 1.62. The summed E-state index contributed by atoms with van der Waals surface area (Å²) < 4.78 is 0. The lowest BCUT2D eigenvalue weighted by molar-refractivity contribution is -0.122. The fraction of sp³-hybridized carbons (Fsp3) is 0.941. The first-order valence-corrected chi connectivity index (χ1v) is 8.78. The number of rotatable bonds is 6. The van der Waals surface area contributed by atoms with Crippen molar-refractivity contribution in [1.29, 1.82) is 0 Å². The summed E-state index contributed by atoms with van der Waals surface area (Å²) in [6.45, 7) is 2.13. The lowest BCUT2D eigenvalue weighted by atomic mass is 9.86. The predicted octanol–water partition coefficient (Wildman–Crippen LogP) is 2.17. The summed E-state index contributed by atoms with van der Waals surface area (Å²) in [6.07, 6.45) is 10.7. The summed E-state index contributed by atoms with van der Waals surface area (Å²) in [5, 5.41) is 13.1. The molecule has 0 spiro atoms. The Morgan fingerprint density at radius 3 is 2.48 bits per heavy atom. The van der Waals surface area contributed by atoms with Gasteiger partial charge in [0.05, 0.1) is 12.6 Å². The van der Waals surface area contributed by atoms with Crippen LogP contribution in [0.5, 0.6) is 0 Å². The molecule has 122 valence electrons. The first kappa shape index (κ1) is 16.8. The van der Waals surface area contributed by atoms with Crippen LogP contribution in [0, 0.1) is 11.8 Å². The van der Waals surface area contributed by atoms with Crippen molar-refractivity contribution in [1.82, 2.24) is 10.2 Å².